The molecule has 0 spiro atoms. The van der Waals surface area contributed by atoms with Crippen molar-refractivity contribution in [1.29, 1.82) is 0 Å². The molecule has 3 aromatic carbocycles. The fraction of sp³-hybridized carbons (Fsp3) is 0.562. The van der Waals surface area contributed by atoms with Crippen LogP contribution in [0.25, 0.3) is 21.5 Å². The van der Waals surface area contributed by atoms with Gasteiger partial charge in [0.2, 0.25) is 0 Å². The van der Waals surface area contributed by atoms with Crippen molar-refractivity contribution in [2.75, 3.05) is 5.75 Å². The Balaban J connectivity index is 0.00000481. The van der Waals surface area contributed by atoms with Crippen molar-refractivity contribution < 1.29 is 32.1 Å². The van der Waals surface area contributed by atoms with Crippen LogP contribution in [0.2, 0.25) is 0 Å². The van der Waals surface area contributed by atoms with Crippen molar-refractivity contribution in [3.63, 3.8) is 0 Å². The van der Waals surface area contributed by atoms with Crippen LogP contribution < -0.4 is 4.18 Å². The van der Waals surface area contributed by atoms with Crippen molar-refractivity contribution >= 4 is 31.7 Å². The van der Waals surface area contributed by atoms with Gasteiger partial charge in [0, 0.05) is 30.3 Å². The molecule has 0 radical (unpaired) electrons. The van der Waals surface area contributed by atoms with Crippen LogP contribution in [0, 0.1) is 0 Å². The molecule has 0 fully saturated rings. The van der Waals surface area contributed by atoms with Gasteiger partial charge in [-0.2, -0.15) is 8.42 Å². The SMILES string of the molecule is CCCCCCCCCCCCCCCCCCS(=O)(=O)Oc1c2ccccc2cc2ccccc12.[Zn]. The maximum absolute atomic E-state index is 12.8. The Morgan fingerprint density at radius 2 is 0.946 bits per heavy atom. The summed E-state index contributed by atoms with van der Waals surface area (Å²) in [5, 5.41) is 3.66. The molecule has 5 heteroatoms. The fourth-order valence-electron chi connectivity index (χ4n) is 5.06. The summed E-state index contributed by atoms with van der Waals surface area (Å²) in [7, 11) is -3.64. The van der Waals surface area contributed by atoms with E-state index in [4.69, 9.17) is 4.18 Å². The maximum Gasteiger partial charge on any atom is 0.309 e. The van der Waals surface area contributed by atoms with Crippen LogP contribution in [0.15, 0.2) is 54.6 Å². The molecular weight excluding hydrogens is 530 g/mol. The standard InChI is InChI=1S/C32H46O3S.Zn/c1-2-3-4-5-6-7-8-9-10-11-12-13-14-15-16-21-26-36(33,34)35-32-30-24-19-17-22-28(30)27-29-23-18-20-25-31(29)32;/h17-20,22-25,27H,2-16,21,26H2,1H3;. The number of unbranched alkanes of at least 4 members (excludes halogenated alkanes) is 15. The molecule has 0 aliphatic heterocycles. The molecule has 0 bridgehead atoms. The Morgan fingerprint density at radius 1 is 0.568 bits per heavy atom. The van der Waals surface area contributed by atoms with E-state index >= 15 is 0 Å². The van der Waals surface area contributed by atoms with Crippen molar-refractivity contribution in [1.82, 2.24) is 0 Å². The van der Waals surface area contributed by atoms with Gasteiger partial charge in [0.05, 0.1) is 5.75 Å². The molecule has 3 aromatic rings. The molecule has 0 unspecified atom stereocenters. The molecular formula is C32H46O3SZn. The second-order valence-electron chi connectivity index (χ2n) is 10.3. The third-order valence-corrected chi connectivity index (χ3v) is 8.39. The van der Waals surface area contributed by atoms with Crippen LogP contribution >= 0.6 is 0 Å². The largest absolute Gasteiger partial charge is 0.381 e. The van der Waals surface area contributed by atoms with Crippen LogP contribution in [0.1, 0.15) is 110 Å². The summed E-state index contributed by atoms with van der Waals surface area (Å²) in [5.41, 5.74) is 0. The minimum Gasteiger partial charge on any atom is -0.381 e. The third-order valence-electron chi connectivity index (χ3n) is 7.18. The van der Waals surface area contributed by atoms with Crippen molar-refractivity contribution in [3.8, 4) is 5.75 Å². The summed E-state index contributed by atoms with van der Waals surface area (Å²) in [4.78, 5) is 0. The Labute approximate surface area is 238 Å². The smallest absolute Gasteiger partial charge is 0.309 e. The zero-order chi connectivity index (χ0) is 25.5. The first kappa shape index (κ1) is 31.8. The van der Waals surface area contributed by atoms with E-state index in [1.54, 1.807) is 0 Å². The van der Waals surface area contributed by atoms with Crippen LogP contribution in [0.5, 0.6) is 5.75 Å². The molecule has 200 valence electrons. The van der Waals surface area contributed by atoms with Gasteiger partial charge < -0.3 is 4.18 Å². The summed E-state index contributed by atoms with van der Waals surface area (Å²) >= 11 is 0. The predicted molar refractivity (Wildman–Crippen MR) is 155 cm³/mol. The van der Waals surface area contributed by atoms with Gasteiger partial charge in [0.1, 0.15) is 0 Å². The number of fused-ring (bicyclic) bond motifs is 2. The molecule has 0 atom stereocenters. The average molecular weight is 576 g/mol. The van der Waals surface area contributed by atoms with Crippen LogP contribution in [0.3, 0.4) is 0 Å². The van der Waals surface area contributed by atoms with E-state index in [1.807, 2.05) is 48.5 Å². The number of hydrogen-bond donors (Lipinski definition) is 0. The van der Waals surface area contributed by atoms with E-state index in [0.29, 0.717) is 12.2 Å². The van der Waals surface area contributed by atoms with Gasteiger partial charge in [-0.25, -0.2) is 0 Å². The molecule has 0 saturated heterocycles. The first-order valence-electron chi connectivity index (χ1n) is 14.4. The fourth-order valence-corrected chi connectivity index (χ4v) is 6.13. The Hall–Kier alpha value is -1.45. The maximum atomic E-state index is 12.8. The molecule has 0 aliphatic rings. The van der Waals surface area contributed by atoms with E-state index in [2.05, 4.69) is 13.0 Å². The Morgan fingerprint density at radius 3 is 1.38 bits per heavy atom. The van der Waals surface area contributed by atoms with Crippen molar-refractivity contribution in [2.24, 2.45) is 0 Å². The molecule has 3 rings (SSSR count). The van der Waals surface area contributed by atoms with E-state index < -0.39 is 10.1 Å². The Kier molecular flexibility index (Phi) is 15.4. The van der Waals surface area contributed by atoms with E-state index in [-0.39, 0.29) is 25.2 Å². The van der Waals surface area contributed by atoms with E-state index in [9.17, 15) is 8.42 Å². The first-order chi connectivity index (χ1) is 17.6. The predicted octanol–water partition coefficient (Wildman–Crippen LogP) is 9.96. The van der Waals surface area contributed by atoms with Crippen LogP contribution in [-0.2, 0) is 29.6 Å². The molecule has 0 aliphatic carbocycles. The summed E-state index contributed by atoms with van der Waals surface area (Å²) in [6, 6.07) is 17.7. The molecule has 37 heavy (non-hydrogen) atoms. The van der Waals surface area contributed by atoms with Crippen molar-refractivity contribution in [3.05, 3.63) is 54.6 Å². The van der Waals surface area contributed by atoms with Gasteiger partial charge in [0.15, 0.2) is 5.75 Å². The Bertz CT molecular complexity index is 1090. The monoisotopic (exact) mass is 574 g/mol. The number of rotatable bonds is 19. The van der Waals surface area contributed by atoms with Crippen molar-refractivity contribution in [2.45, 2.75) is 110 Å². The van der Waals surface area contributed by atoms with Gasteiger partial charge in [-0.15, -0.1) is 0 Å². The number of hydrogen-bond acceptors (Lipinski definition) is 3. The minimum atomic E-state index is -3.64. The average Bonchev–Trinajstić information content (AvgIpc) is 2.88. The molecule has 0 saturated carbocycles. The van der Waals surface area contributed by atoms with Crippen LogP contribution in [-0.4, -0.2) is 14.2 Å². The topological polar surface area (TPSA) is 43.4 Å². The zero-order valence-electron chi connectivity index (χ0n) is 23.1. The van der Waals surface area contributed by atoms with E-state index in [0.717, 1.165) is 34.4 Å². The summed E-state index contributed by atoms with van der Waals surface area (Å²) in [5.74, 6) is 0.531. The van der Waals surface area contributed by atoms with Gasteiger partial charge >= 0.3 is 10.1 Å². The summed E-state index contributed by atoms with van der Waals surface area (Å²) in [6.07, 6.45) is 20.4. The molecule has 0 N–H and O–H groups in total. The van der Waals surface area contributed by atoms with E-state index in [1.165, 1.54) is 83.5 Å². The molecule has 0 heterocycles. The van der Waals surface area contributed by atoms with Gasteiger partial charge in [0.25, 0.3) is 0 Å². The first-order valence-corrected chi connectivity index (χ1v) is 16.0. The van der Waals surface area contributed by atoms with Gasteiger partial charge in [-0.3, -0.25) is 0 Å². The minimum absolute atomic E-state index is 0. The van der Waals surface area contributed by atoms with Gasteiger partial charge in [-0.05, 0) is 23.3 Å². The van der Waals surface area contributed by atoms with Crippen LogP contribution in [0.4, 0.5) is 0 Å². The van der Waals surface area contributed by atoms with Gasteiger partial charge in [-0.1, -0.05) is 152 Å². The zero-order valence-corrected chi connectivity index (χ0v) is 26.8. The second kappa shape index (κ2) is 17.9. The second-order valence-corrected chi connectivity index (χ2v) is 12.0. The molecule has 0 amide bonds. The quantitative estimate of drug-likeness (QED) is 0.0618. The normalized spacial score (nSPS) is 11.6. The summed E-state index contributed by atoms with van der Waals surface area (Å²) in [6.45, 7) is 2.27. The molecule has 0 aromatic heterocycles. The summed E-state index contributed by atoms with van der Waals surface area (Å²) < 4.78 is 31.4. The third kappa shape index (κ3) is 11.4. The molecule has 3 nitrogen and oxygen atoms in total. The number of benzene rings is 3.